The molecular weight excluding hydrogens is 458 g/mol. The Balaban J connectivity index is 1.19. The molecule has 184 valence electrons. The van der Waals surface area contributed by atoms with Gasteiger partial charge in [0.1, 0.15) is 11.4 Å². The highest BCUT2D eigenvalue weighted by Crippen LogP contribution is 2.26. The molecule has 0 amide bonds. The normalized spacial score (nSPS) is 16.3. The molecule has 1 aromatic heterocycles. The Morgan fingerprint density at radius 2 is 2.06 bits per heavy atom. The predicted octanol–water partition coefficient (Wildman–Crippen LogP) is 4.88. The molecule has 1 saturated heterocycles. The Morgan fingerprint density at radius 3 is 2.83 bits per heavy atom. The Labute approximate surface area is 211 Å². The van der Waals surface area contributed by atoms with Crippen molar-refractivity contribution in [1.29, 1.82) is 5.26 Å². The average molecular weight is 492 g/mol. The molecule has 0 aliphatic carbocycles. The fraction of sp³-hybridized carbons (Fsp3) is 0.462. The number of nitriles is 1. The van der Waals surface area contributed by atoms with E-state index in [4.69, 9.17) is 20.9 Å². The number of hydrogen-bond acceptors (Lipinski definition) is 9. The Kier molecular flexibility index (Phi) is 8.50. The van der Waals surface area contributed by atoms with Gasteiger partial charge in [-0.05, 0) is 56.0 Å². The van der Waals surface area contributed by atoms with Crippen molar-refractivity contribution >= 4 is 39.2 Å². The quantitative estimate of drug-likeness (QED) is 0.375. The highest BCUT2D eigenvalue weighted by atomic mass is 32.1. The van der Waals surface area contributed by atoms with E-state index in [0.29, 0.717) is 17.7 Å². The van der Waals surface area contributed by atoms with Crippen LogP contribution in [0.4, 0.5) is 10.8 Å². The lowest BCUT2D eigenvalue weighted by atomic mass is 9.98. The number of nitrogen functional groups attached to an aromatic ring is 1. The summed E-state index contributed by atoms with van der Waals surface area (Å²) in [7, 11) is 0. The number of thiazole rings is 1. The maximum Gasteiger partial charge on any atom is 0.185 e. The van der Waals surface area contributed by atoms with E-state index >= 15 is 0 Å². The number of unbranched alkanes of at least 4 members (excludes halogenated alkanes) is 1. The molecule has 1 aromatic carbocycles. The van der Waals surface area contributed by atoms with Crippen molar-refractivity contribution in [2.24, 2.45) is 10.3 Å². The van der Waals surface area contributed by atoms with Crippen LogP contribution in [0.3, 0.4) is 0 Å². The van der Waals surface area contributed by atoms with E-state index in [2.05, 4.69) is 45.1 Å². The third-order valence-electron chi connectivity index (χ3n) is 6.43. The van der Waals surface area contributed by atoms with Crippen molar-refractivity contribution in [3.63, 3.8) is 0 Å². The fourth-order valence-corrected chi connectivity index (χ4v) is 5.28. The van der Waals surface area contributed by atoms with Crippen molar-refractivity contribution in [2.75, 3.05) is 43.4 Å². The Bertz CT molecular complexity index is 1140. The molecule has 1 fully saturated rings. The molecule has 2 N–H and O–H groups in total. The topological polar surface area (TPSA) is 103 Å². The second kappa shape index (κ2) is 12.0. The van der Waals surface area contributed by atoms with Gasteiger partial charge in [0.05, 0.1) is 17.3 Å². The minimum Gasteiger partial charge on any atom is -0.398 e. The number of oxime groups is 2. The number of rotatable bonds is 10. The third-order valence-corrected chi connectivity index (χ3v) is 7.33. The van der Waals surface area contributed by atoms with Gasteiger partial charge in [0.2, 0.25) is 0 Å². The van der Waals surface area contributed by atoms with Gasteiger partial charge < -0.3 is 10.6 Å². The summed E-state index contributed by atoms with van der Waals surface area (Å²) >= 11 is 1.67. The minimum atomic E-state index is 0.621. The molecule has 8 nitrogen and oxygen atoms in total. The highest BCUT2D eigenvalue weighted by Gasteiger charge is 2.22. The Morgan fingerprint density at radius 1 is 1.23 bits per heavy atom. The van der Waals surface area contributed by atoms with Crippen LogP contribution in [0.25, 0.3) is 5.57 Å². The summed E-state index contributed by atoms with van der Waals surface area (Å²) < 4.78 is 0. The van der Waals surface area contributed by atoms with Crippen LogP contribution >= 0.6 is 11.3 Å². The van der Waals surface area contributed by atoms with Gasteiger partial charge in [-0.15, -0.1) is 11.3 Å². The summed E-state index contributed by atoms with van der Waals surface area (Å²) in [6.45, 7) is 11.4. The van der Waals surface area contributed by atoms with Crippen LogP contribution in [0.2, 0.25) is 0 Å². The van der Waals surface area contributed by atoms with Gasteiger partial charge in [-0.25, -0.2) is 9.92 Å². The van der Waals surface area contributed by atoms with Gasteiger partial charge >= 0.3 is 0 Å². The summed E-state index contributed by atoms with van der Waals surface area (Å²) in [5.74, 6) is 0. The van der Waals surface area contributed by atoms with E-state index in [-0.39, 0.29) is 0 Å². The first-order valence-electron chi connectivity index (χ1n) is 12.3. The van der Waals surface area contributed by atoms with Gasteiger partial charge in [0, 0.05) is 49.2 Å². The van der Waals surface area contributed by atoms with Gasteiger partial charge in [-0.2, -0.15) is 5.26 Å². The summed E-state index contributed by atoms with van der Waals surface area (Å²) in [6, 6.07) is 7.55. The summed E-state index contributed by atoms with van der Waals surface area (Å²) in [5.41, 5.74) is 12.1. The average Bonchev–Trinajstić information content (AvgIpc) is 3.38. The van der Waals surface area contributed by atoms with Crippen LogP contribution in [0.15, 0.2) is 40.5 Å². The van der Waals surface area contributed by atoms with Gasteiger partial charge in [0.15, 0.2) is 5.13 Å². The van der Waals surface area contributed by atoms with E-state index in [1.807, 2.05) is 6.07 Å². The van der Waals surface area contributed by atoms with Crippen molar-refractivity contribution in [1.82, 2.24) is 9.88 Å². The zero-order chi connectivity index (χ0) is 24.6. The van der Waals surface area contributed by atoms with Crippen molar-refractivity contribution in [3.05, 3.63) is 47.0 Å². The minimum absolute atomic E-state index is 0.621. The van der Waals surface area contributed by atoms with Crippen LogP contribution in [0.1, 0.15) is 62.3 Å². The van der Waals surface area contributed by atoms with E-state index in [9.17, 15) is 0 Å². The number of benzene rings is 1. The van der Waals surface area contributed by atoms with Crippen LogP contribution in [0, 0.1) is 11.3 Å². The number of nitrogens with two attached hydrogens (primary N) is 1. The molecule has 0 radical (unpaired) electrons. The van der Waals surface area contributed by atoms with E-state index < -0.39 is 0 Å². The molecule has 3 heterocycles. The van der Waals surface area contributed by atoms with Crippen molar-refractivity contribution < 1.29 is 4.94 Å². The molecule has 2 aromatic rings. The van der Waals surface area contributed by atoms with Gasteiger partial charge in [-0.1, -0.05) is 30.2 Å². The number of aromatic nitrogens is 1. The first-order valence-corrected chi connectivity index (χ1v) is 13.1. The van der Waals surface area contributed by atoms with Crippen molar-refractivity contribution in [2.45, 2.75) is 45.4 Å². The van der Waals surface area contributed by atoms with Crippen molar-refractivity contribution in [3.8, 4) is 6.07 Å². The van der Waals surface area contributed by atoms with Crippen LogP contribution in [0.5, 0.6) is 0 Å². The predicted molar refractivity (Wildman–Crippen MR) is 144 cm³/mol. The second-order valence-corrected chi connectivity index (χ2v) is 9.86. The number of allylic oxidation sites excluding steroid dienone is 1. The lowest BCUT2D eigenvalue weighted by Crippen LogP contribution is -2.46. The SMILES string of the molecule is C=C(CCCCN1CCN(c2nc(C3=NON=C(CCC)C3)cs2)CC1)c1cc(C#N)ccc1N. The fourth-order valence-electron chi connectivity index (χ4n) is 4.39. The number of piperazine rings is 1. The molecule has 0 bridgehead atoms. The standard InChI is InChI=1S/C26H33N7OS/c1-3-6-21-16-24(31-34-30-21)25-18-35-26(29-25)33-13-11-32(12-14-33)10-5-4-7-19(2)22-15-20(17-27)8-9-23(22)28/h8-9,15,18H,2-7,10-14,16,28H2,1H3. The van der Waals surface area contributed by atoms with E-state index in [1.54, 1.807) is 23.5 Å². The molecule has 0 atom stereocenters. The lowest BCUT2D eigenvalue weighted by Gasteiger charge is -2.34. The summed E-state index contributed by atoms with van der Waals surface area (Å²) in [5, 5.41) is 20.4. The van der Waals surface area contributed by atoms with Crippen LogP contribution in [-0.2, 0) is 4.94 Å². The molecule has 2 aliphatic heterocycles. The molecule has 2 aliphatic rings. The maximum absolute atomic E-state index is 9.13. The number of nitrogens with zero attached hydrogens (tertiary/aromatic N) is 6. The van der Waals surface area contributed by atoms with Crippen LogP contribution in [-0.4, -0.2) is 54.0 Å². The van der Waals surface area contributed by atoms with E-state index in [0.717, 1.165) is 98.2 Å². The molecule has 0 saturated carbocycles. The smallest absolute Gasteiger partial charge is 0.185 e. The van der Waals surface area contributed by atoms with Gasteiger partial charge in [0.25, 0.3) is 0 Å². The first kappa shape index (κ1) is 24.9. The molecule has 0 unspecified atom stereocenters. The number of anilines is 2. The Hall–Kier alpha value is -3.22. The van der Waals surface area contributed by atoms with Gasteiger partial charge in [-0.3, -0.25) is 4.90 Å². The second-order valence-electron chi connectivity index (χ2n) is 9.02. The molecule has 9 heteroatoms. The summed E-state index contributed by atoms with van der Waals surface area (Å²) in [4.78, 5) is 14.8. The number of hydrogen-bond donors (Lipinski definition) is 1. The summed E-state index contributed by atoms with van der Waals surface area (Å²) in [6.07, 6.45) is 5.74. The van der Waals surface area contributed by atoms with Crippen LogP contribution < -0.4 is 10.6 Å². The monoisotopic (exact) mass is 491 g/mol. The molecule has 0 spiro atoms. The molecule has 35 heavy (non-hydrogen) atoms. The molecular formula is C26H33N7OS. The highest BCUT2D eigenvalue weighted by molar-refractivity contribution is 7.14. The zero-order valence-electron chi connectivity index (χ0n) is 20.4. The van der Waals surface area contributed by atoms with E-state index in [1.165, 1.54) is 0 Å². The zero-order valence-corrected chi connectivity index (χ0v) is 21.2. The lowest BCUT2D eigenvalue weighted by molar-refractivity contribution is 0.150. The third kappa shape index (κ3) is 6.47. The molecule has 4 rings (SSSR count). The largest absolute Gasteiger partial charge is 0.398 e. The first-order chi connectivity index (χ1) is 17.1. The maximum atomic E-state index is 9.13.